The number of amides is 2. The van der Waals surface area contributed by atoms with Crippen LogP contribution in [0, 0.1) is 0 Å². The molecule has 28 heavy (non-hydrogen) atoms. The topological polar surface area (TPSA) is 79.5 Å². The number of anilines is 1. The molecule has 0 bridgehead atoms. The predicted molar refractivity (Wildman–Crippen MR) is 107 cm³/mol. The summed E-state index contributed by atoms with van der Waals surface area (Å²) in [4.78, 5) is 14.1. The molecule has 2 amide bonds. The molecule has 4 rings (SSSR count). The number of carbonyl (C=O) groups is 1. The molecule has 7 nitrogen and oxygen atoms in total. The van der Waals surface area contributed by atoms with E-state index in [1.807, 2.05) is 24.3 Å². The first-order chi connectivity index (χ1) is 13.7. The van der Waals surface area contributed by atoms with Gasteiger partial charge in [-0.05, 0) is 68.4 Å². The number of urea groups is 1. The highest BCUT2D eigenvalue weighted by molar-refractivity contribution is 5.89. The Kier molecular flexibility index (Phi) is 5.81. The lowest BCUT2D eigenvalue weighted by Gasteiger charge is -2.22. The maximum absolute atomic E-state index is 12.5. The van der Waals surface area contributed by atoms with Crippen molar-refractivity contribution in [2.75, 3.05) is 25.6 Å². The number of benzene rings is 1. The fourth-order valence-corrected chi connectivity index (χ4v) is 3.80. The van der Waals surface area contributed by atoms with Gasteiger partial charge >= 0.3 is 6.03 Å². The van der Waals surface area contributed by atoms with E-state index in [9.17, 15) is 4.79 Å². The van der Waals surface area contributed by atoms with E-state index in [2.05, 4.69) is 15.5 Å². The highest BCUT2D eigenvalue weighted by Gasteiger charge is 2.20. The van der Waals surface area contributed by atoms with Crippen LogP contribution in [0.5, 0.6) is 5.75 Å². The van der Waals surface area contributed by atoms with Gasteiger partial charge in [-0.3, -0.25) is 5.10 Å². The van der Waals surface area contributed by atoms with Crippen LogP contribution < -0.4 is 10.1 Å². The summed E-state index contributed by atoms with van der Waals surface area (Å²) in [7, 11) is 1.78. The van der Waals surface area contributed by atoms with E-state index in [0.717, 1.165) is 55.8 Å². The van der Waals surface area contributed by atoms with Gasteiger partial charge in [-0.2, -0.15) is 5.10 Å². The predicted octanol–water partition coefficient (Wildman–Crippen LogP) is 3.51. The number of ether oxygens (including phenoxy) is 2. The largest absolute Gasteiger partial charge is 0.491 e. The van der Waals surface area contributed by atoms with Crippen LogP contribution in [0.2, 0.25) is 0 Å². The standard InChI is InChI=1S/C21H28N4O3/c1-25(13-20-18-6-4-7-19(18)23-24-20)21(26)22-15-8-10-16(11-9-15)28-14-17-5-2-3-12-27-17/h8-11,17H,2-7,12-14H2,1H3,(H,22,26)(H,23,24). The third-order valence-electron chi connectivity index (χ3n) is 5.44. The molecular formula is C21H28N4O3. The highest BCUT2D eigenvalue weighted by atomic mass is 16.5. The average Bonchev–Trinajstić information content (AvgIpc) is 3.33. The first-order valence-electron chi connectivity index (χ1n) is 10.1. The molecular weight excluding hydrogens is 356 g/mol. The molecule has 1 fully saturated rings. The normalized spacial score (nSPS) is 18.5. The van der Waals surface area contributed by atoms with Crippen molar-refractivity contribution in [3.8, 4) is 5.75 Å². The number of hydrogen-bond acceptors (Lipinski definition) is 4. The smallest absolute Gasteiger partial charge is 0.321 e. The summed E-state index contributed by atoms with van der Waals surface area (Å²) < 4.78 is 11.5. The van der Waals surface area contributed by atoms with Crippen molar-refractivity contribution in [1.29, 1.82) is 0 Å². The maximum Gasteiger partial charge on any atom is 0.321 e. The van der Waals surface area contributed by atoms with Crippen molar-refractivity contribution in [2.24, 2.45) is 0 Å². The molecule has 0 spiro atoms. The van der Waals surface area contributed by atoms with Gasteiger partial charge in [0.1, 0.15) is 12.4 Å². The molecule has 2 N–H and O–H groups in total. The zero-order valence-corrected chi connectivity index (χ0v) is 16.4. The molecule has 2 aliphatic rings. The molecule has 1 aliphatic carbocycles. The molecule has 150 valence electrons. The third kappa shape index (κ3) is 4.47. The highest BCUT2D eigenvalue weighted by Crippen LogP contribution is 2.24. The van der Waals surface area contributed by atoms with Gasteiger partial charge < -0.3 is 19.7 Å². The first kappa shape index (κ1) is 18.8. The fourth-order valence-electron chi connectivity index (χ4n) is 3.80. The summed E-state index contributed by atoms with van der Waals surface area (Å²) in [6.07, 6.45) is 6.84. The number of nitrogens with zero attached hydrogens (tertiary/aromatic N) is 2. The van der Waals surface area contributed by atoms with Gasteiger partial charge in [0.25, 0.3) is 0 Å². The molecule has 1 unspecified atom stereocenters. The van der Waals surface area contributed by atoms with Crippen molar-refractivity contribution in [2.45, 2.75) is 51.2 Å². The maximum atomic E-state index is 12.5. The molecule has 1 atom stereocenters. The van der Waals surface area contributed by atoms with Crippen LogP contribution in [-0.2, 0) is 24.1 Å². The van der Waals surface area contributed by atoms with Crippen LogP contribution in [0.15, 0.2) is 24.3 Å². The number of aromatic amines is 1. The molecule has 0 saturated carbocycles. The summed E-state index contributed by atoms with van der Waals surface area (Å²) in [5.41, 5.74) is 4.21. The lowest BCUT2D eigenvalue weighted by atomic mass is 10.1. The number of rotatable bonds is 6. The van der Waals surface area contributed by atoms with E-state index in [1.54, 1.807) is 11.9 Å². The van der Waals surface area contributed by atoms with Crippen molar-refractivity contribution in [3.05, 3.63) is 41.2 Å². The second-order valence-electron chi connectivity index (χ2n) is 7.59. The SMILES string of the molecule is CN(Cc1n[nH]c2c1CCC2)C(=O)Nc1ccc(OCC2CCCCO2)cc1. The minimum absolute atomic E-state index is 0.154. The van der Waals surface area contributed by atoms with Crippen LogP contribution in [0.3, 0.4) is 0 Å². The van der Waals surface area contributed by atoms with Crippen molar-refractivity contribution >= 4 is 11.7 Å². The summed E-state index contributed by atoms with van der Waals surface area (Å²) in [6.45, 7) is 1.90. The van der Waals surface area contributed by atoms with Crippen molar-refractivity contribution < 1.29 is 14.3 Å². The summed E-state index contributed by atoms with van der Waals surface area (Å²) in [5, 5.41) is 10.4. The van der Waals surface area contributed by atoms with Gasteiger partial charge in [0.15, 0.2) is 0 Å². The summed E-state index contributed by atoms with van der Waals surface area (Å²) in [5.74, 6) is 0.785. The number of aryl methyl sites for hydroxylation is 1. The Morgan fingerprint density at radius 1 is 1.29 bits per heavy atom. The van der Waals surface area contributed by atoms with Gasteiger partial charge in [-0.1, -0.05) is 0 Å². The Labute approximate surface area is 165 Å². The number of hydrogen-bond donors (Lipinski definition) is 2. The van der Waals surface area contributed by atoms with Crippen LogP contribution in [0.4, 0.5) is 10.5 Å². The number of nitrogens with one attached hydrogen (secondary N) is 2. The Balaban J connectivity index is 1.26. The molecule has 1 aliphatic heterocycles. The average molecular weight is 384 g/mol. The minimum Gasteiger partial charge on any atom is -0.491 e. The summed E-state index contributed by atoms with van der Waals surface area (Å²) in [6, 6.07) is 7.31. The summed E-state index contributed by atoms with van der Waals surface area (Å²) >= 11 is 0. The van der Waals surface area contributed by atoms with Gasteiger partial charge in [-0.25, -0.2) is 4.79 Å². The zero-order valence-electron chi connectivity index (χ0n) is 16.4. The number of H-pyrrole nitrogens is 1. The Morgan fingerprint density at radius 3 is 2.93 bits per heavy atom. The van der Waals surface area contributed by atoms with E-state index in [1.165, 1.54) is 17.7 Å². The number of aromatic nitrogens is 2. The monoisotopic (exact) mass is 384 g/mol. The third-order valence-corrected chi connectivity index (χ3v) is 5.44. The quantitative estimate of drug-likeness (QED) is 0.799. The first-order valence-corrected chi connectivity index (χ1v) is 10.1. The molecule has 1 aromatic carbocycles. The molecule has 1 aromatic heterocycles. The van der Waals surface area contributed by atoms with E-state index >= 15 is 0 Å². The minimum atomic E-state index is -0.154. The van der Waals surface area contributed by atoms with Gasteiger partial charge in [0, 0.05) is 25.0 Å². The zero-order chi connectivity index (χ0) is 19.3. The molecule has 0 radical (unpaired) electrons. The second-order valence-corrected chi connectivity index (χ2v) is 7.59. The van der Waals surface area contributed by atoms with E-state index in [-0.39, 0.29) is 12.1 Å². The van der Waals surface area contributed by atoms with Crippen LogP contribution in [-0.4, -0.2) is 47.5 Å². The fraction of sp³-hybridized carbons (Fsp3) is 0.524. The van der Waals surface area contributed by atoms with Crippen LogP contribution in [0.1, 0.15) is 42.6 Å². The molecule has 2 heterocycles. The second kappa shape index (κ2) is 8.65. The van der Waals surface area contributed by atoms with Gasteiger partial charge in [0.2, 0.25) is 0 Å². The number of fused-ring (bicyclic) bond motifs is 1. The van der Waals surface area contributed by atoms with E-state index in [4.69, 9.17) is 9.47 Å². The number of carbonyl (C=O) groups excluding carboxylic acids is 1. The van der Waals surface area contributed by atoms with Crippen molar-refractivity contribution in [1.82, 2.24) is 15.1 Å². The molecule has 7 heteroatoms. The molecule has 1 saturated heterocycles. The van der Waals surface area contributed by atoms with Gasteiger partial charge in [0.05, 0.1) is 18.3 Å². The van der Waals surface area contributed by atoms with Crippen LogP contribution in [0.25, 0.3) is 0 Å². The Morgan fingerprint density at radius 2 is 2.14 bits per heavy atom. The Hall–Kier alpha value is -2.54. The van der Waals surface area contributed by atoms with Gasteiger partial charge in [-0.15, -0.1) is 0 Å². The van der Waals surface area contributed by atoms with Crippen molar-refractivity contribution in [3.63, 3.8) is 0 Å². The van der Waals surface area contributed by atoms with E-state index < -0.39 is 0 Å². The van der Waals surface area contributed by atoms with Crippen LogP contribution >= 0.6 is 0 Å². The van der Waals surface area contributed by atoms with E-state index in [0.29, 0.717) is 13.2 Å². The lowest BCUT2D eigenvalue weighted by Crippen LogP contribution is -2.31. The molecule has 2 aromatic rings. The lowest BCUT2D eigenvalue weighted by molar-refractivity contribution is -0.0110. The Bertz CT molecular complexity index is 796.